The van der Waals surface area contributed by atoms with E-state index in [2.05, 4.69) is 41.5 Å². The first kappa shape index (κ1) is 16.7. The van der Waals surface area contributed by atoms with Crippen LogP contribution in [0, 0.1) is 0 Å². The molecule has 0 saturated heterocycles. The third-order valence-corrected chi connectivity index (χ3v) is 4.77. The monoisotopic (exact) mass is 343 g/mol. The van der Waals surface area contributed by atoms with E-state index in [1.165, 1.54) is 16.9 Å². The zero-order valence-electron chi connectivity index (χ0n) is 13.8. The van der Waals surface area contributed by atoms with Crippen molar-refractivity contribution < 1.29 is 9.90 Å². The summed E-state index contributed by atoms with van der Waals surface area (Å²) in [4.78, 5) is 17.5. The van der Waals surface area contributed by atoms with Crippen molar-refractivity contribution in [3.63, 3.8) is 0 Å². The molecule has 0 spiro atoms. The van der Waals surface area contributed by atoms with Crippen LogP contribution < -0.4 is 5.32 Å². The highest BCUT2D eigenvalue weighted by molar-refractivity contribution is 7.15. The molecule has 1 aromatic carbocycles. The molecule has 0 aliphatic carbocycles. The Balaban J connectivity index is 1.79. The fourth-order valence-electron chi connectivity index (χ4n) is 2.50. The molecule has 1 atom stereocenters. The molecule has 3 rings (SSSR count). The lowest BCUT2D eigenvalue weighted by atomic mass is 10.1. The van der Waals surface area contributed by atoms with Gasteiger partial charge >= 0.3 is 0 Å². The molecule has 1 amide bonds. The van der Waals surface area contributed by atoms with Crippen molar-refractivity contribution >= 4 is 22.2 Å². The third-order valence-electron chi connectivity index (χ3n) is 3.88. The van der Waals surface area contributed by atoms with Gasteiger partial charge in [0.05, 0.1) is 18.2 Å². The van der Waals surface area contributed by atoms with Crippen LogP contribution in [0.3, 0.4) is 0 Å². The zero-order valence-corrected chi connectivity index (χ0v) is 14.6. The lowest BCUT2D eigenvalue weighted by Gasteiger charge is -2.06. The highest BCUT2D eigenvalue weighted by atomic mass is 32.1. The van der Waals surface area contributed by atoms with Crippen LogP contribution in [0.5, 0.6) is 0 Å². The fraction of sp³-hybridized carbons (Fsp3) is 0.333. The van der Waals surface area contributed by atoms with Crippen LogP contribution in [0.1, 0.15) is 25.1 Å². The number of aromatic nitrogens is 2. The van der Waals surface area contributed by atoms with Gasteiger partial charge in [0.15, 0.2) is 4.96 Å². The lowest BCUT2D eigenvalue weighted by molar-refractivity contribution is -0.120. The number of fused-ring (bicyclic) bond motifs is 1. The average Bonchev–Trinajstić information content (AvgIpc) is 3.15. The molecule has 2 heterocycles. The summed E-state index contributed by atoms with van der Waals surface area (Å²) in [7, 11) is 0. The van der Waals surface area contributed by atoms with Crippen molar-refractivity contribution in [3.05, 3.63) is 47.1 Å². The van der Waals surface area contributed by atoms with Crippen LogP contribution in [0.25, 0.3) is 16.2 Å². The summed E-state index contributed by atoms with van der Waals surface area (Å²) < 4.78 is 1.97. The Morgan fingerprint density at radius 3 is 2.79 bits per heavy atom. The number of amides is 1. The van der Waals surface area contributed by atoms with E-state index in [4.69, 9.17) is 0 Å². The second kappa shape index (κ2) is 7.15. The molecule has 0 aliphatic heterocycles. The van der Waals surface area contributed by atoms with Gasteiger partial charge in [0.1, 0.15) is 0 Å². The first-order chi connectivity index (χ1) is 11.6. The van der Waals surface area contributed by atoms with Gasteiger partial charge in [0.2, 0.25) is 5.91 Å². The third kappa shape index (κ3) is 3.66. The smallest absolute Gasteiger partial charge is 0.226 e. The van der Waals surface area contributed by atoms with Crippen LogP contribution in [-0.4, -0.2) is 33.0 Å². The van der Waals surface area contributed by atoms with E-state index in [-0.39, 0.29) is 18.9 Å². The van der Waals surface area contributed by atoms with Crippen molar-refractivity contribution in [2.24, 2.45) is 0 Å². The quantitative estimate of drug-likeness (QED) is 0.723. The van der Waals surface area contributed by atoms with E-state index in [0.29, 0.717) is 0 Å². The Kier molecular flexibility index (Phi) is 4.97. The standard InChI is InChI=1S/C18H21N3O2S/c1-3-13-4-6-14(7-5-13)16-10-21-15(11-24-18(21)20-16)8-17(23)19-9-12(2)22/h4-7,10-12,22H,3,8-9H2,1-2H3,(H,19,23). The minimum Gasteiger partial charge on any atom is -0.392 e. The summed E-state index contributed by atoms with van der Waals surface area (Å²) in [6.45, 7) is 4.05. The van der Waals surface area contributed by atoms with E-state index in [9.17, 15) is 9.90 Å². The van der Waals surface area contributed by atoms with Gasteiger partial charge in [-0.1, -0.05) is 31.2 Å². The number of hydrogen-bond donors (Lipinski definition) is 2. The summed E-state index contributed by atoms with van der Waals surface area (Å²) in [6, 6.07) is 8.40. The Morgan fingerprint density at radius 1 is 1.38 bits per heavy atom. The molecule has 3 aromatic rings. The lowest BCUT2D eigenvalue weighted by Crippen LogP contribution is -2.31. The van der Waals surface area contributed by atoms with Gasteiger partial charge in [-0.3, -0.25) is 9.20 Å². The molecule has 6 heteroatoms. The van der Waals surface area contributed by atoms with Gasteiger partial charge in [-0.15, -0.1) is 11.3 Å². The minimum absolute atomic E-state index is 0.0989. The van der Waals surface area contributed by atoms with Gasteiger partial charge in [-0.05, 0) is 18.9 Å². The maximum atomic E-state index is 12.0. The molecular weight excluding hydrogens is 322 g/mol. The van der Waals surface area contributed by atoms with Crippen LogP contribution in [0.15, 0.2) is 35.8 Å². The number of aliphatic hydroxyl groups excluding tert-OH is 1. The predicted octanol–water partition coefficient (Wildman–Crippen LogP) is 2.66. The van der Waals surface area contributed by atoms with Crippen molar-refractivity contribution in [2.45, 2.75) is 32.8 Å². The number of hydrogen-bond acceptors (Lipinski definition) is 4. The Hall–Kier alpha value is -2.18. The molecular formula is C18H21N3O2S. The normalized spacial score (nSPS) is 12.5. The minimum atomic E-state index is -0.539. The summed E-state index contributed by atoms with van der Waals surface area (Å²) in [5, 5.41) is 13.9. The van der Waals surface area contributed by atoms with E-state index in [1.54, 1.807) is 6.92 Å². The Morgan fingerprint density at radius 2 is 2.12 bits per heavy atom. The van der Waals surface area contributed by atoms with Gasteiger partial charge < -0.3 is 10.4 Å². The first-order valence-electron chi connectivity index (χ1n) is 8.06. The first-order valence-corrected chi connectivity index (χ1v) is 8.94. The van der Waals surface area contributed by atoms with E-state index >= 15 is 0 Å². The molecule has 0 saturated carbocycles. The number of thiazole rings is 1. The van der Waals surface area contributed by atoms with Gasteiger partial charge in [0, 0.05) is 29.4 Å². The molecule has 0 aliphatic rings. The largest absolute Gasteiger partial charge is 0.392 e. The number of carbonyl (C=O) groups is 1. The Labute approximate surface area is 145 Å². The number of carbonyl (C=O) groups excluding carboxylic acids is 1. The van der Waals surface area contributed by atoms with Crippen molar-refractivity contribution in [3.8, 4) is 11.3 Å². The zero-order chi connectivity index (χ0) is 17.1. The number of benzene rings is 1. The van der Waals surface area contributed by atoms with Gasteiger partial charge in [0.25, 0.3) is 0 Å². The highest BCUT2D eigenvalue weighted by Crippen LogP contribution is 2.24. The van der Waals surface area contributed by atoms with Crippen molar-refractivity contribution in [1.82, 2.24) is 14.7 Å². The molecule has 5 nitrogen and oxygen atoms in total. The molecule has 2 aromatic heterocycles. The Bertz CT molecular complexity index is 834. The predicted molar refractivity (Wildman–Crippen MR) is 96.3 cm³/mol. The van der Waals surface area contributed by atoms with E-state index in [1.807, 2.05) is 16.0 Å². The SMILES string of the molecule is CCc1ccc(-c2cn3c(CC(=O)NCC(C)O)csc3n2)cc1. The number of nitrogens with zero attached hydrogens (tertiary/aromatic N) is 2. The second-order valence-corrected chi connectivity index (χ2v) is 6.72. The second-order valence-electron chi connectivity index (χ2n) is 5.89. The van der Waals surface area contributed by atoms with E-state index in [0.717, 1.165) is 28.3 Å². The molecule has 24 heavy (non-hydrogen) atoms. The molecule has 0 bridgehead atoms. The molecule has 126 valence electrons. The number of aryl methyl sites for hydroxylation is 1. The van der Waals surface area contributed by atoms with Gasteiger partial charge in [-0.25, -0.2) is 4.98 Å². The molecule has 2 N–H and O–H groups in total. The highest BCUT2D eigenvalue weighted by Gasteiger charge is 2.12. The number of imidazole rings is 1. The maximum Gasteiger partial charge on any atom is 0.226 e. The van der Waals surface area contributed by atoms with E-state index < -0.39 is 6.10 Å². The van der Waals surface area contributed by atoms with Crippen LogP contribution in [0.2, 0.25) is 0 Å². The molecule has 0 fully saturated rings. The van der Waals surface area contributed by atoms with Gasteiger partial charge in [-0.2, -0.15) is 0 Å². The maximum absolute atomic E-state index is 12.0. The number of nitrogens with one attached hydrogen (secondary N) is 1. The fourth-order valence-corrected chi connectivity index (χ4v) is 3.37. The summed E-state index contributed by atoms with van der Waals surface area (Å²) in [5.74, 6) is -0.0989. The van der Waals surface area contributed by atoms with Crippen molar-refractivity contribution in [1.29, 1.82) is 0 Å². The number of aliphatic hydroxyl groups is 1. The molecule has 0 radical (unpaired) electrons. The van der Waals surface area contributed by atoms with Crippen LogP contribution >= 0.6 is 11.3 Å². The molecule has 1 unspecified atom stereocenters. The summed E-state index contributed by atoms with van der Waals surface area (Å²) in [6.07, 6.45) is 2.73. The topological polar surface area (TPSA) is 66.6 Å². The summed E-state index contributed by atoms with van der Waals surface area (Å²) in [5.41, 5.74) is 4.19. The number of rotatable bonds is 6. The van der Waals surface area contributed by atoms with Crippen LogP contribution in [-0.2, 0) is 17.6 Å². The average molecular weight is 343 g/mol. The van der Waals surface area contributed by atoms with Crippen LogP contribution in [0.4, 0.5) is 0 Å². The van der Waals surface area contributed by atoms with Crippen molar-refractivity contribution in [2.75, 3.05) is 6.54 Å². The summed E-state index contributed by atoms with van der Waals surface area (Å²) >= 11 is 1.53.